The van der Waals surface area contributed by atoms with Crippen LogP contribution in [0.25, 0.3) is 5.65 Å². The number of hydrogen-bond donors (Lipinski definition) is 2. The summed E-state index contributed by atoms with van der Waals surface area (Å²) in [4.78, 5) is 16.4. The second-order valence-electron chi connectivity index (χ2n) is 5.37. The molecule has 0 aliphatic rings. The van der Waals surface area contributed by atoms with Gasteiger partial charge in [0, 0.05) is 16.9 Å². The lowest BCUT2D eigenvalue weighted by atomic mass is 10.2. The first-order chi connectivity index (χ1) is 12.0. The molecule has 0 saturated carbocycles. The molecule has 0 fully saturated rings. The molecule has 0 aliphatic heterocycles. The summed E-state index contributed by atoms with van der Waals surface area (Å²) >= 11 is 1.21. The highest BCUT2D eigenvalue weighted by Crippen LogP contribution is 2.23. The molecule has 2 aromatic heterocycles. The fourth-order valence-corrected chi connectivity index (χ4v) is 3.23. The molecule has 2 heterocycles. The molecule has 3 N–H and O–H groups in total. The quantitative estimate of drug-likeness (QED) is 0.678. The van der Waals surface area contributed by atoms with E-state index in [2.05, 4.69) is 20.5 Å². The van der Waals surface area contributed by atoms with Crippen LogP contribution in [0, 0.1) is 12.7 Å². The van der Waals surface area contributed by atoms with Crippen molar-refractivity contribution in [3.05, 3.63) is 41.3 Å². The average molecular weight is 360 g/mol. The van der Waals surface area contributed by atoms with E-state index in [9.17, 15) is 9.18 Å². The molecule has 0 unspecified atom stereocenters. The number of carbonyl (C=O) groups is 1. The monoisotopic (exact) mass is 360 g/mol. The Morgan fingerprint density at radius 3 is 2.72 bits per heavy atom. The van der Waals surface area contributed by atoms with Gasteiger partial charge >= 0.3 is 0 Å². The van der Waals surface area contributed by atoms with E-state index in [1.807, 2.05) is 13.8 Å². The third-order valence-electron chi connectivity index (χ3n) is 3.67. The molecule has 25 heavy (non-hydrogen) atoms. The number of aromatic nitrogens is 4. The van der Waals surface area contributed by atoms with Gasteiger partial charge in [0.25, 0.3) is 0 Å². The lowest BCUT2D eigenvalue weighted by Gasteiger charge is -2.08. The van der Waals surface area contributed by atoms with Crippen LogP contribution in [-0.2, 0) is 11.2 Å². The van der Waals surface area contributed by atoms with Crippen molar-refractivity contribution in [3.8, 4) is 0 Å². The molecule has 0 spiro atoms. The summed E-state index contributed by atoms with van der Waals surface area (Å²) in [6.45, 7) is 3.89. The fourth-order valence-electron chi connectivity index (χ4n) is 2.49. The molecular formula is C16H17FN6OS. The number of thioether (sulfide) groups is 1. The van der Waals surface area contributed by atoms with Crippen LogP contribution in [0.15, 0.2) is 29.4 Å². The number of halogens is 1. The van der Waals surface area contributed by atoms with Crippen molar-refractivity contribution in [3.63, 3.8) is 0 Å². The average Bonchev–Trinajstić information content (AvgIpc) is 3.00. The summed E-state index contributed by atoms with van der Waals surface area (Å²) in [5.74, 6) is -0.182. The zero-order valence-electron chi connectivity index (χ0n) is 13.8. The lowest BCUT2D eigenvalue weighted by Crippen LogP contribution is -2.14. The molecule has 0 atom stereocenters. The number of nitrogens with two attached hydrogens (primary N) is 1. The summed E-state index contributed by atoms with van der Waals surface area (Å²) in [6, 6.07) is 5.58. The predicted molar refractivity (Wildman–Crippen MR) is 95.1 cm³/mol. The zero-order chi connectivity index (χ0) is 18.0. The number of nitrogens with one attached hydrogen (secondary N) is 1. The van der Waals surface area contributed by atoms with Crippen LogP contribution in [0.2, 0.25) is 0 Å². The molecule has 0 aliphatic carbocycles. The minimum absolute atomic E-state index is 0.118. The number of benzene rings is 1. The number of nitrogens with zero attached hydrogens (tertiary/aromatic N) is 4. The van der Waals surface area contributed by atoms with Crippen molar-refractivity contribution in [2.45, 2.75) is 25.4 Å². The van der Waals surface area contributed by atoms with Gasteiger partial charge in [-0.05, 0) is 37.6 Å². The van der Waals surface area contributed by atoms with Crippen LogP contribution >= 0.6 is 11.8 Å². The highest BCUT2D eigenvalue weighted by molar-refractivity contribution is 7.99. The van der Waals surface area contributed by atoms with Crippen LogP contribution in [-0.4, -0.2) is 31.2 Å². The molecule has 130 valence electrons. The second-order valence-corrected chi connectivity index (χ2v) is 6.32. The first-order valence-corrected chi connectivity index (χ1v) is 8.66. The third-order valence-corrected chi connectivity index (χ3v) is 4.59. The number of aryl methyl sites for hydroxylation is 2. The van der Waals surface area contributed by atoms with Crippen molar-refractivity contribution in [2.75, 3.05) is 16.8 Å². The number of carbonyl (C=O) groups excluding carboxylic acids is 1. The number of fused-ring (bicyclic) bond motifs is 1. The lowest BCUT2D eigenvalue weighted by molar-refractivity contribution is -0.113. The van der Waals surface area contributed by atoms with Gasteiger partial charge in [-0.2, -0.15) is 0 Å². The Kier molecular flexibility index (Phi) is 4.84. The maximum absolute atomic E-state index is 12.9. The molecular weight excluding hydrogens is 343 g/mol. The summed E-state index contributed by atoms with van der Waals surface area (Å²) in [5.41, 5.74) is 8.98. The van der Waals surface area contributed by atoms with Gasteiger partial charge in [0.05, 0.1) is 5.75 Å². The summed E-state index contributed by atoms with van der Waals surface area (Å²) in [6.07, 6.45) is 0.760. The smallest absolute Gasteiger partial charge is 0.234 e. The molecule has 9 heteroatoms. The van der Waals surface area contributed by atoms with E-state index in [1.54, 1.807) is 4.40 Å². The Morgan fingerprint density at radius 2 is 2.04 bits per heavy atom. The predicted octanol–water partition coefficient (Wildman–Crippen LogP) is 2.45. The Bertz CT molecular complexity index is 925. The van der Waals surface area contributed by atoms with E-state index >= 15 is 0 Å². The summed E-state index contributed by atoms with van der Waals surface area (Å²) < 4.78 is 14.5. The second kappa shape index (κ2) is 7.06. The summed E-state index contributed by atoms with van der Waals surface area (Å²) in [7, 11) is 0. The molecule has 1 amide bonds. The van der Waals surface area contributed by atoms with Gasteiger partial charge in [0.15, 0.2) is 10.8 Å². The zero-order valence-corrected chi connectivity index (χ0v) is 14.6. The SMILES string of the molecule is CCc1c(C)nc(N)n2c(SCC(=O)Nc3ccc(F)cc3)nnc12. The van der Waals surface area contributed by atoms with Crippen molar-refractivity contribution in [1.82, 2.24) is 19.6 Å². The van der Waals surface area contributed by atoms with Crippen molar-refractivity contribution < 1.29 is 9.18 Å². The van der Waals surface area contributed by atoms with Gasteiger partial charge in [0.2, 0.25) is 11.9 Å². The Morgan fingerprint density at radius 1 is 1.32 bits per heavy atom. The Balaban J connectivity index is 1.75. The van der Waals surface area contributed by atoms with Gasteiger partial charge in [0.1, 0.15) is 5.82 Å². The molecule has 0 radical (unpaired) electrons. The van der Waals surface area contributed by atoms with E-state index < -0.39 is 0 Å². The maximum atomic E-state index is 12.9. The van der Waals surface area contributed by atoms with Crippen LogP contribution in [0.1, 0.15) is 18.2 Å². The molecule has 3 rings (SSSR count). The van der Waals surface area contributed by atoms with Gasteiger partial charge in [-0.25, -0.2) is 13.8 Å². The normalized spacial score (nSPS) is 11.0. The topological polar surface area (TPSA) is 98.2 Å². The summed E-state index contributed by atoms with van der Waals surface area (Å²) in [5, 5.41) is 11.5. The highest BCUT2D eigenvalue weighted by atomic mass is 32.2. The first kappa shape index (κ1) is 17.2. The van der Waals surface area contributed by atoms with Gasteiger partial charge in [-0.1, -0.05) is 18.7 Å². The third kappa shape index (κ3) is 3.55. The fraction of sp³-hybridized carbons (Fsp3) is 0.250. The standard InChI is InChI=1S/C16H17FN6OS/c1-3-12-9(2)19-15(18)23-14(12)21-22-16(23)25-8-13(24)20-11-6-4-10(17)5-7-11/h4-7H,3,8H2,1-2H3,(H2,18,19)(H,20,24). The van der Waals surface area contributed by atoms with Gasteiger partial charge < -0.3 is 11.1 Å². The van der Waals surface area contributed by atoms with E-state index in [0.717, 1.165) is 17.7 Å². The van der Waals surface area contributed by atoms with Crippen LogP contribution in [0.3, 0.4) is 0 Å². The van der Waals surface area contributed by atoms with E-state index in [4.69, 9.17) is 5.73 Å². The maximum Gasteiger partial charge on any atom is 0.234 e. The van der Waals surface area contributed by atoms with Crippen LogP contribution in [0.4, 0.5) is 16.0 Å². The number of amides is 1. The van der Waals surface area contributed by atoms with E-state index in [0.29, 0.717) is 16.5 Å². The largest absolute Gasteiger partial charge is 0.369 e. The number of anilines is 2. The molecule has 7 nitrogen and oxygen atoms in total. The Hall–Kier alpha value is -2.68. The van der Waals surface area contributed by atoms with Gasteiger partial charge in [-0.3, -0.25) is 4.79 Å². The van der Waals surface area contributed by atoms with Crippen molar-refractivity contribution in [1.29, 1.82) is 0 Å². The van der Waals surface area contributed by atoms with Crippen molar-refractivity contribution >= 4 is 35.0 Å². The number of rotatable bonds is 5. The number of hydrogen-bond acceptors (Lipinski definition) is 6. The van der Waals surface area contributed by atoms with E-state index in [-0.39, 0.29) is 23.4 Å². The van der Waals surface area contributed by atoms with Crippen LogP contribution in [0.5, 0.6) is 0 Å². The Labute approximate surface area is 147 Å². The molecule has 0 bridgehead atoms. The molecule has 0 saturated heterocycles. The minimum atomic E-state index is -0.354. The first-order valence-electron chi connectivity index (χ1n) is 7.68. The molecule has 1 aromatic carbocycles. The van der Waals surface area contributed by atoms with E-state index in [1.165, 1.54) is 36.0 Å². The minimum Gasteiger partial charge on any atom is -0.369 e. The highest BCUT2D eigenvalue weighted by Gasteiger charge is 2.16. The van der Waals surface area contributed by atoms with Crippen LogP contribution < -0.4 is 11.1 Å². The number of nitrogen functional groups attached to an aromatic ring is 1. The molecule has 3 aromatic rings. The van der Waals surface area contributed by atoms with Crippen molar-refractivity contribution in [2.24, 2.45) is 0 Å². The van der Waals surface area contributed by atoms with Gasteiger partial charge in [-0.15, -0.1) is 10.2 Å².